The van der Waals surface area contributed by atoms with Crippen molar-refractivity contribution >= 4 is 5.65 Å². The second-order valence-corrected chi connectivity index (χ2v) is 4.50. The Kier molecular flexibility index (Phi) is 2.29. The fraction of sp³-hybridized carbons (Fsp3) is 0.417. The van der Waals surface area contributed by atoms with E-state index in [-0.39, 0.29) is 5.43 Å². The zero-order chi connectivity index (χ0) is 11.0. The van der Waals surface area contributed by atoms with Crippen LogP contribution in [0.2, 0.25) is 0 Å². The SMILES string of the molecule is O=c1ccn2cc(CC3CCNC3)[nH]c2c1. The highest BCUT2D eigenvalue weighted by molar-refractivity contribution is 5.39. The van der Waals surface area contributed by atoms with Crippen molar-refractivity contribution in [2.24, 2.45) is 5.92 Å². The van der Waals surface area contributed by atoms with Crippen molar-refractivity contribution in [1.82, 2.24) is 14.7 Å². The predicted molar refractivity (Wildman–Crippen MR) is 62.7 cm³/mol. The fourth-order valence-electron chi connectivity index (χ4n) is 2.37. The van der Waals surface area contributed by atoms with Crippen LogP contribution in [0.4, 0.5) is 0 Å². The van der Waals surface area contributed by atoms with Crippen LogP contribution in [0.5, 0.6) is 0 Å². The van der Waals surface area contributed by atoms with Gasteiger partial charge < -0.3 is 14.7 Å². The highest BCUT2D eigenvalue weighted by Crippen LogP contribution is 2.14. The van der Waals surface area contributed by atoms with Crippen LogP contribution >= 0.6 is 0 Å². The summed E-state index contributed by atoms with van der Waals surface area (Å²) in [7, 11) is 0. The molecule has 1 aliphatic rings. The number of hydrogen-bond acceptors (Lipinski definition) is 2. The summed E-state index contributed by atoms with van der Waals surface area (Å²) in [5.41, 5.74) is 2.14. The van der Waals surface area contributed by atoms with Gasteiger partial charge >= 0.3 is 0 Å². The molecule has 1 saturated heterocycles. The van der Waals surface area contributed by atoms with Crippen LogP contribution in [0.25, 0.3) is 5.65 Å². The zero-order valence-electron chi connectivity index (χ0n) is 9.07. The van der Waals surface area contributed by atoms with Crippen LogP contribution in [-0.2, 0) is 6.42 Å². The Morgan fingerprint density at radius 2 is 2.44 bits per heavy atom. The predicted octanol–water partition coefficient (Wildman–Crippen LogP) is 0.780. The summed E-state index contributed by atoms with van der Waals surface area (Å²) in [5.74, 6) is 0.723. The first-order valence-electron chi connectivity index (χ1n) is 5.72. The van der Waals surface area contributed by atoms with E-state index < -0.39 is 0 Å². The molecule has 3 heterocycles. The third kappa shape index (κ3) is 1.76. The molecule has 0 radical (unpaired) electrons. The van der Waals surface area contributed by atoms with Crippen molar-refractivity contribution in [2.75, 3.05) is 13.1 Å². The smallest absolute Gasteiger partial charge is 0.183 e. The molecule has 0 amide bonds. The third-order valence-corrected chi connectivity index (χ3v) is 3.21. The second-order valence-electron chi connectivity index (χ2n) is 4.50. The lowest BCUT2D eigenvalue weighted by Crippen LogP contribution is -2.10. The Morgan fingerprint density at radius 3 is 3.25 bits per heavy atom. The molecule has 0 aromatic carbocycles. The minimum absolute atomic E-state index is 0.0518. The summed E-state index contributed by atoms with van der Waals surface area (Å²) in [5, 5.41) is 3.36. The lowest BCUT2D eigenvalue weighted by molar-refractivity contribution is 0.573. The topological polar surface area (TPSA) is 49.3 Å². The van der Waals surface area contributed by atoms with Crippen molar-refractivity contribution in [3.63, 3.8) is 0 Å². The van der Waals surface area contributed by atoms with Gasteiger partial charge in [0.25, 0.3) is 0 Å². The van der Waals surface area contributed by atoms with Crippen molar-refractivity contribution in [3.8, 4) is 0 Å². The minimum atomic E-state index is 0.0518. The average Bonchev–Trinajstić information content (AvgIpc) is 2.86. The Hall–Kier alpha value is -1.55. The monoisotopic (exact) mass is 217 g/mol. The molecule has 4 nitrogen and oxygen atoms in total. The van der Waals surface area contributed by atoms with Crippen molar-refractivity contribution in [1.29, 1.82) is 0 Å². The fourth-order valence-corrected chi connectivity index (χ4v) is 2.37. The molecule has 1 aliphatic heterocycles. The number of rotatable bonds is 2. The number of nitrogens with zero attached hydrogens (tertiary/aromatic N) is 1. The van der Waals surface area contributed by atoms with Gasteiger partial charge in [-0.2, -0.15) is 0 Å². The van der Waals surface area contributed by atoms with Crippen LogP contribution in [0.3, 0.4) is 0 Å². The van der Waals surface area contributed by atoms with Crippen LogP contribution < -0.4 is 10.7 Å². The summed E-state index contributed by atoms with van der Waals surface area (Å²) in [6.45, 7) is 2.23. The van der Waals surface area contributed by atoms with Gasteiger partial charge in [-0.25, -0.2) is 0 Å². The highest BCUT2D eigenvalue weighted by atomic mass is 16.1. The molecule has 2 N–H and O–H groups in total. The number of pyridine rings is 1. The Labute approximate surface area is 93.3 Å². The molecular formula is C12H15N3O. The molecule has 3 rings (SSSR count). The second kappa shape index (κ2) is 3.79. The first-order chi connectivity index (χ1) is 7.81. The number of imidazole rings is 1. The van der Waals surface area contributed by atoms with Crippen LogP contribution in [0, 0.1) is 5.92 Å². The number of aromatic nitrogens is 2. The summed E-state index contributed by atoms with van der Waals surface area (Å²) >= 11 is 0. The van der Waals surface area contributed by atoms with E-state index in [0.717, 1.165) is 31.1 Å². The van der Waals surface area contributed by atoms with E-state index >= 15 is 0 Å². The van der Waals surface area contributed by atoms with Gasteiger partial charge in [-0.1, -0.05) is 0 Å². The molecule has 2 aromatic heterocycles. The van der Waals surface area contributed by atoms with Crippen LogP contribution in [-0.4, -0.2) is 22.5 Å². The van der Waals surface area contributed by atoms with Gasteiger partial charge in [-0.15, -0.1) is 0 Å². The van der Waals surface area contributed by atoms with E-state index in [9.17, 15) is 4.79 Å². The molecular weight excluding hydrogens is 202 g/mol. The summed E-state index contributed by atoms with van der Waals surface area (Å²) < 4.78 is 1.97. The van der Waals surface area contributed by atoms with Crippen molar-refractivity contribution in [2.45, 2.75) is 12.8 Å². The maximum Gasteiger partial charge on any atom is 0.183 e. The maximum atomic E-state index is 11.2. The normalized spacial score (nSPS) is 20.6. The molecule has 16 heavy (non-hydrogen) atoms. The molecule has 84 valence electrons. The standard InChI is InChI=1S/C12H15N3O/c16-11-2-4-15-8-10(14-12(15)6-11)5-9-1-3-13-7-9/h2,4,6,8-9,13-14H,1,3,5,7H2. The quantitative estimate of drug-likeness (QED) is 0.781. The van der Waals surface area contributed by atoms with E-state index in [4.69, 9.17) is 0 Å². The molecule has 0 aliphatic carbocycles. The summed E-state index contributed by atoms with van der Waals surface area (Å²) in [4.78, 5) is 14.5. The minimum Gasteiger partial charge on any atom is -0.343 e. The van der Waals surface area contributed by atoms with Crippen LogP contribution in [0.15, 0.2) is 29.3 Å². The Bertz CT molecular complexity index is 549. The van der Waals surface area contributed by atoms with E-state index in [2.05, 4.69) is 16.5 Å². The Balaban J connectivity index is 1.89. The van der Waals surface area contributed by atoms with Gasteiger partial charge in [0.1, 0.15) is 5.65 Å². The molecule has 0 saturated carbocycles. The van der Waals surface area contributed by atoms with Crippen molar-refractivity contribution in [3.05, 3.63) is 40.4 Å². The highest BCUT2D eigenvalue weighted by Gasteiger charge is 2.15. The van der Waals surface area contributed by atoms with Gasteiger partial charge in [0.05, 0.1) is 0 Å². The van der Waals surface area contributed by atoms with E-state index in [1.54, 1.807) is 12.1 Å². The molecule has 0 bridgehead atoms. The van der Waals surface area contributed by atoms with Gasteiger partial charge in [0.15, 0.2) is 5.43 Å². The number of nitrogens with one attached hydrogen (secondary N) is 2. The number of aromatic amines is 1. The number of fused-ring (bicyclic) bond motifs is 1. The molecule has 1 atom stereocenters. The lowest BCUT2D eigenvalue weighted by Gasteiger charge is -2.04. The third-order valence-electron chi connectivity index (χ3n) is 3.21. The lowest BCUT2D eigenvalue weighted by atomic mass is 10.0. The summed E-state index contributed by atoms with van der Waals surface area (Å²) in [6, 6.07) is 3.22. The molecule has 1 unspecified atom stereocenters. The number of hydrogen-bond donors (Lipinski definition) is 2. The maximum absolute atomic E-state index is 11.2. The molecule has 0 spiro atoms. The van der Waals surface area contributed by atoms with Gasteiger partial charge in [-0.05, 0) is 31.8 Å². The molecule has 4 heteroatoms. The average molecular weight is 217 g/mol. The van der Waals surface area contributed by atoms with Gasteiger partial charge in [0.2, 0.25) is 0 Å². The molecule has 1 fully saturated rings. The van der Waals surface area contributed by atoms with E-state index in [1.165, 1.54) is 12.1 Å². The van der Waals surface area contributed by atoms with Crippen molar-refractivity contribution < 1.29 is 0 Å². The molecule has 2 aromatic rings. The Morgan fingerprint density at radius 1 is 1.50 bits per heavy atom. The van der Waals surface area contributed by atoms with Gasteiger partial charge in [-0.3, -0.25) is 4.79 Å². The zero-order valence-corrected chi connectivity index (χ0v) is 9.07. The van der Waals surface area contributed by atoms with E-state index in [1.807, 2.05) is 10.6 Å². The number of H-pyrrole nitrogens is 1. The summed E-state index contributed by atoms with van der Waals surface area (Å²) in [6.07, 6.45) is 6.19. The van der Waals surface area contributed by atoms with Gasteiger partial charge in [0, 0.05) is 30.2 Å². The first-order valence-corrected chi connectivity index (χ1v) is 5.72. The van der Waals surface area contributed by atoms with Crippen LogP contribution in [0.1, 0.15) is 12.1 Å². The largest absolute Gasteiger partial charge is 0.343 e. The first kappa shape index (κ1) is 9.66. The van der Waals surface area contributed by atoms with E-state index in [0.29, 0.717) is 0 Å².